The van der Waals surface area contributed by atoms with E-state index >= 15 is 0 Å². The minimum Gasteiger partial charge on any atom is -0.481 e. The van der Waals surface area contributed by atoms with E-state index in [-0.39, 0.29) is 59.8 Å². The molecule has 0 aromatic rings. The highest BCUT2D eigenvalue weighted by molar-refractivity contribution is 5.78. The van der Waals surface area contributed by atoms with Crippen LogP contribution in [0.15, 0.2) is 0 Å². The molecule has 0 saturated heterocycles. The Hall–Kier alpha value is -2.12. The van der Waals surface area contributed by atoms with Gasteiger partial charge in [-0.05, 0) is 242 Å². The van der Waals surface area contributed by atoms with Gasteiger partial charge >= 0.3 is 17.9 Å². The number of ether oxygens (including phenoxy) is 3. The molecule has 12 aliphatic rings. The number of esters is 3. The van der Waals surface area contributed by atoms with E-state index in [9.17, 15) is 14.4 Å². The number of carbonyl (C=O) groups is 4. The van der Waals surface area contributed by atoms with Crippen LogP contribution >= 0.6 is 0 Å². The quantitative estimate of drug-likeness (QED) is 0.138. The molecular weight excluding hydrogens is 813 g/mol. The van der Waals surface area contributed by atoms with Gasteiger partial charge in [0, 0.05) is 13.8 Å². The molecule has 23 atom stereocenters. The summed E-state index contributed by atoms with van der Waals surface area (Å²) in [5.41, 5.74) is -1.12. The Morgan fingerprint density at radius 2 is 0.846 bits per heavy atom. The maximum Gasteiger partial charge on any atom is 0.312 e. The Balaban J connectivity index is 0.000000448. The van der Waals surface area contributed by atoms with Crippen LogP contribution in [0.4, 0.5) is 0 Å². The Labute approximate surface area is 397 Å². The molecule has 1 N–H and O–H groups in total. The molecular formula is C57H98O8. The van der Waals surface area contributed by atoms with Crippen molar-refractivity contribution in [3.8, 4) is 0 Å². The number of aliphatic carboxylic acids is 1. The molecule has 0 amide bonds. The summed E-state index contributed by atoms with van der Waals surface area (Å²) in [7, 11) is 0. The van der Waals surface area contributed by atoms with Gasteiger partial charge in [-0.2, -0.15) is 0 Å². The second-order valence-corrected chi connectivity index (χ2v) is 23.8. The molecule has 12 aliphatic carbocycles. The third-order valence-electron chi connectivity index (χ3n) is 21.3. The fourth-order valence-corrected chi connectivity index (χ4v) is 19.6. The molecule has 12 fully saturated rings. The van der Waals surface area contributed by atoms with E-state index in [1.807, 2.05) is 13.8 Å². The van der Waals surface area contributed by atoms with Crippen molar-refractivity contribution >= 4 is 23.9 Å². The van der Waals surface area contributed by atoms with Gasteiger partial charge in [-0.25, -0.2) is 0 Å². The highest BCUT2D eigenvalue weighted by atomic mass is 16.6. The number of carboxylic acids is 1. The van der Waals surface area contributed by atoms with Crippen LogP contribution in [0.1, 0.15) is 188 Å². The highest BCUT2D eigenvalue weighted by Gasteiger charge is 2.73. The van der Waals surface area contributed by atoms with Crippen molar-refractivity contribution in [3.05, 3.63) is 0 Å². The van der Waals surface area contributed by atoms with Gasteiger partial charge < -0.3 is 19.3 Å². The van der Waals surface area contributed by atoms with Crippen molar-refractivity contribution in [1.82, 2.24) is 0 Å². The van der Waals surface area contributed by atoms with Crippen molar-refractivity contribution in [2.75, 3.05) is 6.61 Å². The maximum atomic E-state index is 14.1. The van der Waals surface area contributed by atoms with Crippen LogP contribution in [0.25, 0.3) is 0 Å². The van der Waals surface area contributed by atoms with E-state index in [1.54, 1.807) is 19.8 Å². The largest absolute Gasteiger partial charge is 0.481 e. The van der Waals surface area contributed by atoms with E-state index in [4.69, 9.17) is 19.4 Å². The number of fused-ring (bicyclic) bond motifs is 32. The van der Waals surface area contributed by atoms with Crippen molar-refractivity contribution in [2.45, 2.75) is 201 Å². The summed E-state index contributed by atoms with van der Waals surface area (Å²) in [5.74, 6) is 17.6. The average molecular weight is 911 g/mol. The first-order chi connectivity index (χ1) is 29.1. The van der Waals surface area contributed by atoms with E-state index < -0.39 is 16.8 Å². The van der Waals surface area contributed by atoms with Gasteiger partial charge in [0.2, 0.25) is 0 Å². The summed E-state index contributed by atoms with van der Waals surface area (Å²) in [4.78, 5) is 46.8. The number of carboxylic acid groups (broad SMARTS) is 1. The molecule has 0 aliphatic heterocycles. The van der Waals surface area contributed by atoms with Gasteiger partial charge in [-0.3, -0.25) is 19.2 Å². The van der Waals surface area contributed by atoms with Gasteiger partial charge in [-0.1, -0.05) is 50.5 Å². The fraction of sp³-hybridized carbons (Fsp3) is 0.930. The molecule has 12 bridgehead atoms. The zero-order valence-corrected chi connectivity index (χ0v) is 39.3. The van der Waals surface area contributed by atoms with Gasteiger partial charge in [0.15, 0.2) is 0 Å². The zero-order valence-electron chi connectivity index (χ0n) is 39.3. The third-order valence-corrected chi connectivity index (χ3v) is 21.3. The summed E-state index contributed by atoms with van der Waals surface area (Å²) in [6.07, 6.45) is 19.5. The third kappa shape index (κ3) is 8.57. The molecule has 8 heteroatoms. The van der Waals surface area contributed by atoms with Crippen molar-refractivity contribution in [3.63, 3.8) is 0 Å². The van der Waals surface area contributed by atoms with Gasteiger partial charge in [-0.15, -0.1) is 0 Å². The molecule has 0 aromatic heterocycles. The molecule has 0 radical (unpaired) electrons. The predicted octanol–water partition coefficient (Wildman–Crippen LogP) is 13.4. The topological polar surface area (TPSA) is 116 Å². The lowest BCUT2D eigenvalue weighted by molar-refractivity contribution is -0.171. The summed E-state index contributed by atoms with van der Waals surface area (Å²) < 4.78 is 17.6. The molecule has 0 heterocycles. The molecule has 23 unspecified atom stereocenters. The van der Waals surface area contributed by atoms with Crippen LogP contribution in [-0.2, 0) is 33.4 Å². The maximum absolute atomic E-state index is 14.1. The standard InChI is InChI=1S/C45H64O4.C4H8O2.C2H4O2.C2H6.4CH4/c1-5-45(4,43(47)49-33-17-25-15-27(33)41-31-19-29(39(25)41)35-21-7-9-23(13-21)37(31)35)11-10-44(2,3)42(46)48-32-16-24-14-26(32)40-30-18-28(38(24)40)34-20-6-8-22(12-20)36(30)34;1-3-6-4(2)5;1-2(3)4;1-2;;;;/h20-41H,5-19H2,1-4H3;3H2,1-2H3;1H3,(H,3,4);1-2H3;4*1H4. The number of carbonyl (C=O) groups excluding carboxylic acids is 3. The first-order valence-electron chi connectivity index (χ1n) is 25.9. The number of hydrogen-bond acceptors (Lipinski definition) is 7. The first-order valence-corrected chi connectivity index (χ1v) is 25.9. The van der Waals surface area contributed by atoms with Crippen molar-refractivity contribution in [2.24, 2.45) is 129 Å². The van der Waals surface area contributed by atoms with Crippen LogP contribution < -0.4 is 0 Å². The summed E-state index contributed by atoms with van der Waals surface area (Å²) in [5, 5.41) is 7.42. The monoisotopic (exact) mass is 911 g/mol. The molecule has 65 heavy (non-hydrogen) atoms. The van der Waals surface area contributed by atoms with Crippen LogP contribution in [0, 0.1) is 129 Å². The summed E-state index contributed by atoms with van der Waals surface area (Å²) in [6.45, 7) is 17.2. The number of rotatable bonds is 9. The lowest BCUT2D eigenvalue weighted by Gasteiger charge is -2.47. The normalized spacial score (nSPS) is 46.0. The molecule has 0 spiro atoms. The second kappa shape index (κ2) is 20.1. The van der Waals surface area contributed by atoms with Gasteiger partial charge in [0.05, 0.1) is 17.4 Å². The SMILES string of the molecule is C.C.C.C.CC.CC(=O)O.CCC(C)(CCC(C)(C)C(=O)OC1CC2CC1C1C3CC(C4C5CCC(C5)C34)C21)C(=O)OC1CC2CC1C1C3CC(C4C5CCC(C5)C34)C21.CCOC(C)=O. The van der Waals surface area contributed by atoms with E-state index in [0.717, 1.165) is 133 Å². The molecule has 374 valence electrons. The second-order valence-electron chi connectivity index (χ2n) is 23.8. The van der Waals surface area contributed by atoms with E-state index in [1.165, 1.54) is 58.3 Å². The molecule has 12 rings (SSSR count). The van der Waals surface area contributed by atoms with Crippen LogP contribution in [0.5, 0.6) is 0 Å². The smallest absolute Gasteiger partial charge is 0.312 e. The zero-order chi connectivity index (χ0) is 43.4. The Morgan fingerprint density at radius 1 is 0.492 bits per heavy atom. The summed E-state index contributed by atoms with van der Waals surface area (Å²) >= 11 is 0. The van der Waals surface area contributed by atoms with E-state index in [0.29, 0.717) is 31.3 Å². The van der Waals surface area contributed by atoms with Gasteiger partial charge in [0.1, 0.15) is 12.2 Å². The number of hydrogen-bond donors (Lipinski definition) is 1. The van der Waals surface area contributed by atoms with Gasteiger partial charge in [0.25, 0.3) is 5.97 Å². The Bertz CT molecular complexity index is 1690. The fourth-order valence-electron chi connectivity index (χ4n) is 19.6. The average Bonchev–Trinajstić information content (AvgIpc) is 4.07. The molecule has 12 saturated carbocycles. The van der Waals surface area contributed by atoms with Crippen molar-refractivity contribution < 1.29 is 38.5 Å². The molecule has 0 aromatic carbocycles. The minimum absolute atomic E-state index is 0. The van der Waals surface area contributed by atoms with Crippen LogP contribution in [0.2, 0.25) is 0 Å². The predicted molar refractivity (Wildman–Crippen MR) is 260 cm³/mol. The van der Waals surface area contributed by atoms with Crippen LogP contribution in [0.3, 0.4) is 0 Å². The summed E-state index contributed by atoms with van der Waals surface area (Å²) in [6, 6.07) is 0. The Morgan fingerprint density at radius 3 is 1.18 bits per heavy atom. The highest BCUT2D eigenvalue weighted by Crippen LogP contribution is 2.78. The van der Waals surface area contributed by atoms with E-state index in [2.05, 4.69) is 32.4 Å². The van der Waals surface area contributed by atoms with Crippen molar-refractivity contribution in [1.29, 1.82) is 0 Å². The first kappa shape index (κ1) is 53.8. The Kier molecular flexibility index (Phi) is 16.6. The lowest BCUT2D eigenvalue weighted by atomic mass is 9.59. The lowest BCUT2D eigenvalue weighted by Crippen LogP contribution is -2.46. The molecule has 8 nitrogen and oxygen atoms in total. The minimum atomic E-state index is -0.833. The van der Waals surface area contributed by atoms with Crippen LogP contribution in [-0.4, -0.2) is 47.8 Å².